The highest BCUT2D eigenvalue weighted by atomic mass is 15.1. The first kappa shape index (κ1) is 36.2. The van der Waals surface area contributed by atoms with E-state index in [-0.39, 0.29) is 10.8 Å². The number of rotatable bonds is 6. The first-order valence-electron chi connectivity index (χ1n) is 22.0. The summed E-state index contributed by atoms with van der Waals surface area (Å²) in [6, 6.07) is 56.0. The Hall–Kier alpha value is -5.92. The zero-order valence-electron chi connectivity index (χ0n) is 34.9. The first-order valence-corrected chi connectivity index (χ1v) is 22.0. The Morgan fingerprint density at radius 2 is 1.17 bits per heavy atom. The van der Waals surface area contributed by atoms with E-state index in [0.717, 1.165) is 5.69 Å². The monoisotopic (exact) mass is 763 g/mol. The van der Waals surface area contributed by atoms with Crippen LogP contribution in [0.3, 0.4) is 0 Å². The average Bonchev–Trinajstić information content (AvgIpc) is 3.66. The maximum atomic E-state index is 2.56. The minimum atomic E-state index is -0.0890. The van der Waals surface area contributed by atoms with Gasteiger partial charge in [0.1, 0.15) is 0 Å². The Labute approximate surface area is 350 Å². The Kier molecular flexibility index (Phi) is 8.49. The lowest BCUT2D eigenvalue weighted by atomic mass is 9.74. The number of fused-ring (bicyclic) bond motifs is 7. The zero-order chi connectivity index (χ0) is 39.9. The summed E-state index contributed by atoms with van der Waals surface area (Å²) in [7, 11) is 0. The lowest BCUT2D eigenvalue weighted by Crippen LogP contribution is -2.24. The van der Waals surface area contributed by atoms with E-state index in [0.29, 0.717) is 17.8 Å². The normalized spacial score (nSPS) is 19.6. The van der Waals surface area contributed by atoms with Gasteiger partial charge in [-0.1, -0.05) is 187 Å². The highest BCUT2D eigenvalue weighted by Crippen LogP contribution is 2.56. The van der Waals surface area contributed by atoms with Crippen LogP contribution >= 0.6 is 0 Å². The van der Waals surface area contributed by atoms with Crippen molar-refractivity contribution < 1.29 is 0 Å². The van der Waals surface area contributed by atoms with Crippen LogP contribution in [0.25, 0.3) is 44.2 Å². The summed E-state index contributed by atoms with van der Waals surface area (Å²) in [4.78, 5) is 2.56. The van der Waals surface area contributed by atoms with Gasteiger partial charge < -0.3 is 4.90 Å². The summed E-state index contributed by atoms with van der Waals surface area (Å²) in [6.07, 6.45) is 16.1. The van der Waals surface area contributed by atoms with Gasteiger partial charge in [-0.3, -0.25) is 0 Å². The quantitative estimate of drug-likeness (QED) is 0.163. The van der Waals surface area contributed by atoms with Crippen molar-refractivity contribution >= 4 is 27.8 Å². The molecule has 4 aliphatic rings. The predicted octanol–water partition coefficient (Wildman–Crippen LogP) is 16.1. The van der Waals surface area contributed by atoms with Gasteiger partial charge in [-0.2, -0.15) is 0 Å². The average molecular weight is 764 g/mol. The van der Waals surface area contributed by atoms with Crippen LogP contribution in [-0.2, 0) is 10.8 Å². The largest absolute Gasteiger partial charge is 0.309 e. The topological polar surface area (TPSA) is 3.24 Å². The van der Waals surface area contributed by atoms with Gasteiger partial charge in [0, 0.05) is 33.7 Å². The molecule has 0 N–H and O–H groups in total. The van der Waals surface area contributed by atoms with Crippen LogP contribution in [0, 0.1) is 5.92 Å². The van der Waals surface area contributed by atoms with Crippen LogP contribution < -0.4 is 4.90 Å². The highest BCUT2D eigenvalue weighted by Gasteiger charge is 2.45. The van der Waals surface area contributed by atoms with Crippen molar-refractivity contribution in [3.05, 3.63) is 198 Å². The van der Waals surface area contributed by atoms with Crippen molar-refractivity contribution in [2.24, 2.45) is 5.92 Å². The van der Waals surface area contributed by atoms with E-state index in [1.54, 1.807) is 0 Å². The predicted molar refractivity (Wildman–Crippen MR) is 250 cm³/mol. The zero-order valence-corrected chi connectivity index (χ0v) is 34.9. The summed E-state index contributed by atoms with van der Waals surface area (Å²) in [5, 5.41) is 2.48. The van der Waals surface area contributed by atoms with Gasteiger partial charge in [-0.05, 0) is 121 Å². The molecule has 7 aromatic carbocycles. The second kappa shape index (κ2) is 13.8. The van der Waals surface area contributed by atoms with Crippen LogP contribution in [0.4, 0.5) is 17.1 Å². The fraction of sp³-hybridized carbons (Fsp3) is 0.241. The van der Waals surface area contributed by atoms with Gasteiger partial charge in [0.05, 0.1) is 5.69 Å². The molecule has 0 bridgehead atoms. The molecule has 0 aliphatic heterocycles. The maximum Gasteiger partial charge on any atom is 0.0618 e. The Balaban J connectivity index is 1.09. The third-order valence-electron chi connectivity index (χ3n) is 14.8. The van der Waals surface area contributed by atoms with Gasteiger partial charge in [-0.15, -0.1) is 0 Å². The van der Waals surface area contributed by atoms with Crippen molar-refractivity contribution in [1.82, 2.24) is 0 Å². The van der Waals surface area contributed by atoms with Crippen LogP contribution in [0.1, 0.15) is 99.5 Å². The van der Waals surface area contributed by atoms with Gasteiger partial charge in [-0.25, -0.2) is 0 Å². The molecular formula is C58H53N. The van der Waals surface area contributed by atoms with Gasteiger partial charge in [0.25, 0.3) is 0 Å². The maximum absolute atomic E-state index is 2.56. The molecular weight excluding hydrogens is 711 g/mol. The van der Waals surface area contributed by atoms with Crippen molar-refractivity contribution in [1.29, 1.82) is 0 Å². The first-order chi connectivity index (χ1) is 28.8. The minimum absolute atomic E-state index is 0.00125. The van der Waals surface area contributed by atoms with E-state index in [1.165, 1.54) is 115 Å². The summed E-state index contributed by atoms with van der Waals surface area (Å²) in [6.45, 7) is 9.65. The lowest BCUT2D eigenvalue weighted by molar-refractivity contribution is 0.394. The third-order valence-corrected chi connectivity index (χ3v) is 14.8. The molecule has 1 nitrogen and oxygen atoms in total. The second-order valence-corrected chi connectivity index (χ2v) is 18.8. The lowest BCUT2D eigenvalue weighted by Gasteiger charge is -2.32. The van der Waals surface area contributed by atoms with Gasteiger partial charge in [0.15, 0.2) is 0 Å². The summed E-state index contributed by atoms with van der Waals surface area (Å²) < 4.78 is 0. The number of anilines is 3. The van der Waals surface area contributed by atoms with Crippen molar-refractivity contribution in [3.63, 3.8) is 0 Å². The van der Waals surface area contributed by atoms with Crippen molar-refractivity contribution in [3.8, 4) is 33.4 Å². The molecule has 1 saturated carbocycles. The van der Waals surface area contributed by atoms with Crippen LogP contribution in [0.15, 0.2) is 170 Å². The minimum Gasteiger partial charge on any atom is -0.309 e. The number of nitrogens with zero attached hydrogens (tertiary/aromatic N) is 1. The molecule has 0 saturated heterocycles. The number of allylic oxidation sites excluding steroid dienone is 4. The molecule has 1 heteroatoms. The van der Waals surface area contributed by atoms with Crippen LogP contribution in [0.5, 0.6) is 0 Å². The molecule has 4 aliphatic carbocycles. The SMILES string of the molecule is CC1(C)c2ccccc2-c2ccc(-c3ccc4ccccc4c3N(c3ccc(-c4ccc(C5CCCCC5)cc4)cc3)c3ccc4c(c3)C(C)(C)C3C=CC=CC43)cc21. The van der Waals surface area contributed by atoms with Crippen LogP contribution in [-0.4, -0.2) is 0 Å². The van der Waals surface area contributed by atoms with E-state index < -0.39 is 0 Å². The summed E-state index contributed by atoms with van der Waals surface area (Å²) >= 11 is 0. The van der Waals surface area contributed by atoms with Gasteiger partial charge >= 0.3 is 0 Å². The van der Waals surface area contributed by atoms with Crippen LogP contribution in [0.2, 0.25) is 0 Å². The Morgan fingerprint density at radius 3 is 1.98 bits per heavy atom. The molecule has 0 spiro atoms. The van der Waals surface area contributed by atoms with E-state index in [1.807, 2.05) is 0 Å². The smallest absolute Gasteiger partial charge is 0.0618 e. The molecule has 7 aromatic rings. The molecule has 0 radical (unpaired) electrons. The molecule has 1 fully saturated rings. The van der Waals surface area contributed by atoms with Crippen molar-refractivity contribution in [2.45, 2.75) is 82.5 Å². The number of hydrogen-bond acceptors (Lipinski definition) is 1. The fourth-order valence-corrected chi connectivity index (χ4v) is 11.5. The second-order valence-electron chi connectivity index (χ2n) is 18.8. The molecule has 11 rings (SSSR count). The molecule has 2 atom stereocenters. The standard InChI is InChI=1S/C58H53N/c1-57(2)52-20-12-10-18-48(52)50-34-29-43(36-54(50)57)47-33-28-42-16-8-9-17-46(42)56(47)59(45-32-35-51-49-19-11-13-21-53(49)58(3,4)55(51)37-45)44-30-26-41(27-31-44)40-24-22-39(23-25-40)38-14-6-5-7-15-38/h8-13,16-38,49,53H,5-7,14-15H2,1-4H3. The fourth-order valence-electron chi connectivity index (χ4n) is 11.5. The van der Waals surface area contributed by atoms with E-state index in [9.17, 15) is 0 Å². The summed E-state index contributed by atoms with van der Waals surface area (Å²) in [5.41, 5.74) is 18.4. The molecule has 59 heavy (non-hydrogen) atoms. The van der Waals surface area contributed by atoms with Crippen molar-refractivity contribution in [2.75, 3.05) is 4.90 Å². The molecule has 2 unspecified atom stereocenters. The molecule has 0 aromatic heterocycles. The molecule has 290 valence electrons. The molecule has 0 heterocycles. The summed E-state index contributed by atoms with van der Waals surface area (Å²) in [5.74, 6) is 1.56. The number of benzene rings is 7. The van der Waals surface area contributed by atoms with E-state index in [2.05, 4.69) is 202 Å². The van der Waals surface area contributed by atoms with E-state index in [4.69, 9.17) is 0 Å². The number of hydrogen-bond donors (Lipinski definition) is 0. The van der Waals surface area contributed by atoms with E-state index >= 15 is 0 Å². The van der Waals surface area contributed by atoms with Gasteiger partial charge in [0.2, 0.25) is 0 Å². The third kappa shape index (κ3) is 5.80. The molecule has 0 amide bonds. The Bertz CT molecular complexity index is 2810. The highest BCUT2D eigenvalue weighted by molar-refractivity contribution is 6.06. The Morgan fingerprint density at radius 1 is 0.508 bits per heavy atom.